The summed E-state index contributed by atoms with van der Waals surface area (Å²) in [5.41, 5.74) is 1.20. The molecule has 1 atom stereocenters. The molecule has 18 heavy (non-hydrogen) atoms. The predicted octanol–water partition coefficient (Wildman–Crippen LogP) is 3.28. The third-order valence-electron chi connectivity index (χ3n) is 2.73. The molecule has 1 N–H and O–H groups in total. The summed E-state index contributed by atoms with van der Waals surface area (Å²) < 4.78 is 5.14. The minimum absolute atomic E-state index is 0.202. The monoisotopic (exact) mass is 263 g/mol. The van der Waals surface area contributed by atoms with Crippen molar-refractivity contribution in [2.75, 3.05) is 12.4 Å². The number of hydrogen-bond donors (Lipinski definition) is 1. The fourth-order valence-corrected chi connectivity index (χ4v) is 2.38. The van der Waals surface area contributed by atoms with Gasteiger partial charge >= 0.3 is 0 Å². The lowest BCUT2D eigenvalue weighted by Crippen LogP contribution is -2.06. The summed E-state index contributed by atoms with van der Waals surface area (Å²) in [5.74, 6) is 0.870. The second kappa shape index (κ2) is 5.82. The summed E-state index contributed by atoms with van der Waals surface area (Å²) in [6, 6.07) is 8.24. The number of aryl methyl sites for hydroxylation is 1. The van der Waals surface area contributed by atoms with Gasteiger partial charge in [-0.15, -0.1) is 10.2 Å². The van der Waals surface area contributed by atoms with Crippen LogP contribution in [0.25, 0.3) is 0 Å². The van der Waals surface area contributed by atoms with Crippen molar-refractivity contribution in [2.24, 2.45) is 0 Å². The van der Waals surface area contributed by atoms with Gasteiger partial charge in [-0.1, -0.05) is 30.4 Å². The van der Waals surface area contributed by atoms with Crippen molar-refractivity contribution >= 4 is 16.5 Å². The van der Waals surface area contributed by atoms with E-state index >= 15 is 0 Å². The number of rotatable bonds is 5. The first-order valence-electron chi connectivity index (χ1n) is 5.95. The molecule has 0 saturated heterocycles. The maximum Gasteiger partial charge on any atom is 0.206 e. The second-order valence-electron chi connectivity index (χ2n) is 3.99. The molecule has 0 fully saturated rings. The number of nitrogens with zero attached hydrogens (tertiary/aromatic N) is 2. The lowest BCUT2D eigenvalue weighted by Gasteiger charge is -2.13. The van der Waals surface area contributed by atoms with Gasteiger partial charge in [0.2, 0.25) is 5.13 Å². The Morgan fingerprint density at radius 1 is 1.28 bits per heavy atom. The summed E-state index contributed by atoms with van der Waals surface area (Å²) in [6.07, 6.45) is 0.927. The number of aromatic nitrogens is 2. The highest BCUT2D eigenvalue weighted by Gasteiger charge is 2.08. The molecule has 2 aromatic rings. The topological polar surface area (TPSA) is 47.0 Å². The van der Waals surface area contributed by atoms with Gasteiger partial charge in [-0.25, -0.2) is 0 Å². The van der Waals surface area contributed by atoms with Crippen LogP contribution in [0.1, 0.15) is 30.5 Å². The van der Waals surface area contributed by atoms with E-state index in [1.165, 1.54) is 5.56 Å². The number of hydrogen-bond acceptors (Lipinski definition) is 5. The molecule has 1 heterocycles. The van der Waals surface area contributed by atoms with Gasteiger partial charge in [0.1, 0.15) is 10.8 Å². The maximum absolute atomic E-state index is 5.14. The Morgan fingerprint density at radius 3 is 2.56 bits per heavy atom. The first-order chi connectivity index (χ1) is 8.72. The molecular formula is C13H17N3OS. The molecule has 0 aliphatic carbocycles. The van der Waals surface area contributed by atoms with Crippen molar-refractivity contribution in [3.8, 4) is 5.75 Å². The van der Waals surface area contributed by atoms with Crippen LogP contribution in [0.15, 0.2) is 24.3 Å². The molecule has 4 nitrogen and oxygen atoms in total. The fourth-order valence-electron chi connectivity index (χ4n) is 1.62. The van der Waals surface area contributed by atoms with Crippen LogP contribution in [0, 0.1) is 0 Å². The van der Waals surface area contributed by atoms with Gasteiger partial charge in [-0.3, -0.25) is 0 Å². The molecule has 96 valence electrons. The Hall–Kier alpha value is -1.62. The zero-order valence-corrected chi connectivity index (χ0v) is 11.6. The Morgan fingerprint density at radius 2 is 2.00 bits per heavy atom. The van der Waals surface area contributed by atoms with E-state index in [9.17, 15) is 0 Å². The third kappa shape index (κ3) is 2.98. The molecule has 0 saturated carbocycles. The lowest BCUT2D eigenvalue weighted by molar-refractivity contribution is 0.414. The summed E-state index contributed by atoms with van der Waals surface area (Å²) >= 11 is 1.61. The average molecular weight is 263 g/mol. The van der Waals surface area contributed by atoms with E-state index < -0.39 is 0 Å². The highest BCUT2D eigenvalue weighted by atomic mass is 32.1. The summed E-state index contributed by atoms with van der Waals surface area (Å²) in [7, 11) is 1.67. The number of nitrogens with one attached hydrogen (secondary N) is 1. The van der Waals surface area contributed by atoms with E-state index in [2.05, 4.69) is 41.5 Å². The first-order valence-corrected chi connectivity index (χ1v) is 6.77. The molecule has 0 radical (unpaired) electrons. The molecule has 1 unspecified atom stereocenters. The zero-order valence-electron chi connectivity index (χ0n) is 10.8. The standard InChI is InChI=1S/C13H17N3OS/c1-4-12-15-16-13(18-12)14-9(2)10-5-7-11(17-3)8-6-10/h5-9H,4H2,1-3H3,(H,14,16). The smallest absolute Gasteiger partial charge is 0.206 e. The van der Waals surface area contributed by atoms with Gasteiger partial charge in [0.15, 0.2) is 0 Å². The molecule has 0 aliphatic heterocycles. The molecule has 1 aromatic heterocycles. The second-order valence-corrected chi connectivity index (χ2v) is 5.06. The highest BCUT2D eigenvalue weighted by molar-refractivity contribution is 7.15. The Labute approximate surface area is 111 Å². The van der Waals surface area contributed by atoms with Gasteiger partial charge in [0.05, 0.1) is 13.2 Å². The summed E-state index contributed by atoms with van der Waals surface area (Å²) in [4.78, 5) is 0. The number of benzene rings is 1. The molecular weight excluding hydrogens is 246 g/mol. The van der Waals surface area contributed by atoms with E-state index in [0.29, 0.717) is 0 Å². The van der Waals surface area contributed by atoms with Crippen molar-refractivity contribution in [2.45, 2.75) is 26.3 Å². The van der Waals surface area contributed by atoms with Crippen LogP contribution >= 0.6 is 11.3 Å². The first kappa shape index (κ1) is 12.8. The average Bonchev–Trinajstić information content (AvgIpc) is 2.86. The lowest BCUT2D eigenvalue weighted by atomic mass is 10.1. The van der Waals surface area contributed by atoms with Crippen LogP contribution in [0.2, 0.25) is 0 Å². The molecule has 0 aliphatic rings. The van der Waals surface area contributed by atoms with Crippen molar-refractivity contribution in [3.63, 3.8) is 0 Å². The molecule has 1 aromatic carbocycles. The molecule has 0 amide bonds. The number of methoxy groups -OCH3 is 1. The minimum Gasteiger partial charge on any atom is -0.497 e. The zero-order chi connectivity index (χ0) is 13.0. The fraction of sp³-hybridized carbons (Fsp3) is 0.385. The van der Waals surface area contributed by atoms with Gasteiger partial charge in [0, 0.05) is 0 Å². The highest BCUT2D eigenvalue weighted by Crippen LogP contribution is 2.23. The van der Waals surface area contributed by atoms with Gasteiger partial charge in [-0.2, -0.15) is 0 Å². The van der Waals surface area contributed by atoms with E-state index in [-0.39, 0.29) is 6.04 Å². The van der Waals surface area contributed by atoms with E-state index in [1.807, 2.05) is 12.1 Å². The third-order valence-corrected chi connectivity index (χ3v) is 3.72. The predicted molar refractivity (Wildman–Crippen MR) is 74.3 cm³/mol. The van der Waals surface area contributed by atoms with Gasteiger partial charge in [0.25, 0.3) is 0 Å². The molecule has 2 rings (SSSR count). The van der Waals surface area contributed by atoms with Crippen LogP contribution < -0.4 is 10.1 Å². The van der Waals surface area contributed by atoms with Gasteiger partial charge < -0.3 is 10.1 Å². The van der Waals surface area contributed by atoms with Crippen molar-refractivity contribution in [1.29, 1.82) is 0 Å². The maximum atomic E-state index is 5.14. The van der Waals surface area contributed by atoms with E-state index in [0.717, 1.165) is 22.3 Å². The van der Waals surface area contributed by atoms with Gasteiger partial charge in [-0.05, 0) is 31.0 Å². The van der Waals surface area contributed by atoms with Crippen LogP contribution in [0.5, 0.6) is 5.75 Å². The molecule has 0 bridgehead atoms. The largest absolute Gasteiger partial charge is 0.497 e. The summed E-state index contributed by atoms with van der Waals surface area (Å²) in [6.45, 7) is 4.19. The van der Waals surface area contributed by atoms with E-state index in [1.54, 1.807) is 18.4 Å². The Balaban J connectivity index is 2.03. The van der Waals surface area contributed by atoms with Crippen LogP contribution in [-0.2, 0) is 6.42 Å². The Kier molecular flexibility index (Phi) is 4.15. The summed E-state index contributed by atoms with van der Waals surface area (Å²) in [5, 5.41) is 13.5. The number of ether oxygens (including phenoxy) is 1. The van der Waals surface area contributed by atoms with E-state index in [4.69, 9.17) is 4.74 Å². The van der Waals surface area contributed by atoms with Crippen molar-refractivity contribution in [3.05, 3.63) is 34.8 Å². The van der Waals surface area contributed by atoms with Crippen LogP contribution in [0.3, 0.4) is 0 Å². The number of anilines is 1. The molecule has 5 heteroatoms. The van der Waals surface area contributed by atoms with Crippen LogP contribution in [-0.4, -0.2) is 17.3 Å². The van der Waals surface area contributed by atoms with Crippen molar-refractivity contribution in [1.82, 2.24) is 10.2 Å². The van der Waals surface area contributed by atoms with Crippen molar-refractivity contribution < 1.29 is 4.74 Å². The minimum atomic E-state index is 0.202. The normalized spacial score (nSPS) is 12.2. The SMILES string of the molecule is CCc1nnc(NC(C)c2ccc(OC)cc2)s1. The molecule has 0 spiro atoms. The quantitative estimate of drug-likeness (QED) is 0.899. The Bertz CT molecular complexity index is 495. The van der Waals surface area contributed by atoms with Crippen LogP contribution in [0.4, 0.5) is 5.13 Å².